The van der Waals surface area contributed by atoms with Crippen LogP contribution in [-0.2, 0) is 12.8 Å². The van der Waals surface area contributed by atoms with Gasteiger partial charge in [-0.05, 0) is 56.5 Å². The maximum atomic E-state index is 8.89. The van der Waals surface area contributed by atoms with Gasteiger partial charge in [0, 0.05) is 23.3 Å². The Hall–Kier alpha value is -3.13. The minimum atomic E-state index is 0.461. The lowest BCUT2D eigenvalue weighted by molar-refractivity contribution is 0.777. The Morgan fingerprint density at radius 1 is 0.917 bits per heavy atom. The number of rotatable bonds is 5. The van der Waals surface area contributed by atoms with E-state index in [2.05, 4.69) is 26.0 Å². The zero-order valence-electron chi connectivity index (χ0n) is 13.5. The van der Waals surface area contributed by atoms with Gasteiger partial charge in [-0.1, -0.05) is 12.1 Å². The third-order valence-electron chi connectivity index (χ3n) is 3.62. The van der Waals surface area contributed by atoms with Crippen molar-refractivity contribution in [3.8, 4) is 17.6 Å². The average molecular weight is 315 g/mol. The molecule has 5 heteroatoms. The van der Waals surface area contributed by atoms with Crippen molar-refractivity contribution in [2.24, 2.45) is 0 Å². The third-order valence-corrected chi connectivity index (χ3v) is 3.62. The van der Waals surface area contributed by atoms with Crippen LogP contribution in [0.2, 0.25) is 0 Å². The smallest absolute Gasteiger partial charge is 0.178 e. The summed E-state index contributed by atoms with van der Waals surface area (Å²) in [5.74, 6) is 0.654. The van der Waals surface area contributed by atoms with E-state index in [1.165, 1.54) is 0 Å². The molecule has 0 spiro atoms. The zero-order chi connectivity index (χ0) is 16.8. The van der Waals surface area contributed by atoms with E-state index in [0.29, 0.717) is 11.5 Å². The molecule has 0 radical (unpaired) electrons. The highest BCUT2D eigenvalue weighted by Gasteiger charge is 2.05. The van der Waals surface area contributed by atoms with Crippen molar-refractivity contribution in [2.75, 3.05) is 0 Å². The van der Waals surface area contributed by atoms with Crippen molar-refractivity contribution >= 4 is 0 Å². The number of pyridine rings is 2. The molecule has 3 aromatic heterocycles. The second kappa shape index (κ2) is 7.42. The molecule has 0 saturated heterocycles. The van der Waals surface area contributed by atoms with Gasteiger partial charge in [0.2, 0.25) is 0 Å². The molecule has 3 heterocycles. The van der Waals surface area contributed by atoms with Crippen LogP contribution in [0.15, 0.2) is 48.7 Å². The van der Waals surface area contributed by atoms with Gasteiger partial charge in [0.25, 0.3) is 0 Å². The molecule has 118 valence electrons. The van der Waals surface area contributed by atoms with Crippen LogP contribution < -0.4 is 0 Å². The van der Waals surface area contributed by atoms with E-state index in [1.54, 1.807) is 12.3 Å². The number of hydrogen-bond acceptors (Lipinski definition) is 5. The lowest BCUT2D eigenvalue weighted by atomic mass is 10.1. The number of aromatic nitrogens is 4. The first-order valence-electron chi connectivity index (χ1n) is 7.86. The molecule has 0 N–H and O–H groups in total. The van der Waals surface area contributed by atoms with Crippen molar-refractivity contribution in [2.45, 2.75) is 26.2 Å². The van der Waals surface area contributed by atoms with Gasteiger partial charge < -0.3 is 0 Å². The van der Waals surface area contributed by atoms with Crippen LogP contribution in [0.1, 0.15) is 29.2 Å². The first-order chi connectivity index (χ1) is 11.7. The summed E-state index contributed by atoms with van der Waals surface area (Å²) in [4.78, 5) is 17.7. The summed E-state index contributed by atoms with van der Waals surface area (Å²) >= 11 is 0. The van der Waals surface area contributed by atoms with Crippen molar-refractivity contribution in [1.82, 2.24) is 19.9 Å². The van der Waals surface area contributed by atoms with Crippen molar-refractivity contribution in [3.63, 3.8) is 0 Å². The Labute approximate surface area is 141 Å². The maximum absolute atomic E-state index is 8.89. The van der Waals surface area contributed by atoms with E-state index in [-0.39, 0.29) is 0 Å². The molecule has 3 rings (SSSR count). The molecule has 0 aliphatic heterocycles. The third kappa shape index (κ3) is 3.99. The van der Waals surface area contributed by atoms with Crippen LogP contribution in [0, 0.1) is 18.3 Å². The fourth-order valence-corrected chi connectivity index (χ4v) is 2.46. The fraction of sp³-hybridized carbons (Fsp3) is 0.211. The molecule has 0 aliphatic rings. The molecule has 0 aliphatic carbocycles. The molecular formula is C19H17N5. The Morgan fingerprint density at radius 3 is 2.50 bits per heavy atom. The van der Waals surface area contributed by atoms with E-state index in [4.69, 9.17) is 5.26 Å². The Balaban J connectivity index is 1.66. The van der Waals surface area contributed by atoms with Gasteiger partial charge in [-0.15, -0.1) is 0 Å². The van der Waals surface area contributed by atoms with Gasteiger partial charge in [-0.2, -0.15) is 5.26 Å². The molecule has 0 bridgehead atoms. The van der Waals surface area contributed by atoms with Crippen molar-refractivity contribution < 1.29 is 0 Å². The minimum absolute atomic E-state index is 0.461. The predicted molar refractivity (Wildman–Crippen MR) is 91.0 cm³/mol. The molecule has 3 aromatic rings. The largest absolute Gasteiger partial charge is 0.250 e. The second-order valence-electron chi connectivity index (χ2n) is 5.52. The predicted octanol–water partition coefficient (Wildman–Crippen LogP) is 3.29. The van der Waals surface area contributed by atoms with E-state index in [1.807, 2.05) is 43.3 Å². The van der Waals surface area contributed by atoms with Gasteiger partial charge in [0.1, 0.15) is 17.5 Å². The molecule has 0 atom stereocenters. The van der Waals surface area contributed by atoms with Gasteiger partial charge in [0.15, 0.2) is 5.82 Å². The van der Waals surface area contributed by atoms with E-state index >= 15 is 0 Å². The molecule has 0 amide bonds. The summed E-state index contributed by atoms with van der Waals surface area (Å²) in [5.41, 5.74) is 4.12. The topological polar surface area (TPSA) is 75.3 Å². The SMILES string of the molecule is Cc1cccc(-c2nccc(CCCc3cccc(C#N)n3)n2)n1. The lowest BCUT2D eigenvalue weighted by Gasteiger charge is -2.04. The quantitative estimate of drug-likeness (QED) is 0.722. The fourth-order valence-electron chi connectivity index (χ4n) is 2.46. The highest BCUT2D eigenvalue weighted by molar-refractivity contribution is 5.48. The number of nitrogens with zero attached hydrogens (tertiary/aromatic N) is 5. The first kappa shape index (κ1) is 15.8. The summed E-state index contributed by atoms with van der Waals surface area (Å²) < 4.78 is 0. The summed E-state index contributed by atoms with van der Waals surface area (Å²) in [6.45, 7) is 1.95. The molecule has 5 nitrogen and oxygen atoms in total. The molecule has 0 aromatic carbocycles. The maximum Gasteiger partial charge on any atom is 0.178 e. The molecule has 0 saturated carbocycles. The van der Waals surface area contributed by atoms with Crippen LogP contribution in [-0.4, -0.2) is 19.9 Å². The van der Waals surface area contributed by atoms with Gasteiger partial charge in [-0.25, -0.2) is 19.9 Å². The van der Waals surface area contributed by atoms with Crippen LogP contribution in [0.25, 0.3) is 11.5 Å². The van der Waals surface area contributed by atoms with Crippen molar-refractivity contribution in [1.29, 1.82) is 5.26 Å². The average Bonchev–Trinajstić information content (AvgIpc) is 2.62. The number of hydrogen-bond donors (Lipinski definition) is 0. The highest BCUT2D eigenvalue weighted by atomic mass is 14.9. The van der Waals surface area contributed by atoms with Crippen LogP contribution in [0.3, 0.4) is 0 Å². The van der Waals surface area contributed by atoms with E-state index in [0.717, 1.165) is 42.0 Å². The zero-order valence-corrected chi connectivity index (χ0v) is 13.5. The highest BCUT2D eigenvalue weighted by Crippen LogP contribution is 2.13. The normalized spacial score (nSPS) is 10.3. The van der Waals surface area contributed by atoms with Crippen LogP contribution >= 0.6 is 0 Å². The number of aryl methyl sites for hydroxylation is 3. The van der Waals surface area contributed by atoms with E-state index < -0.39 is 0 Å². The van der Waals surface area contributed by atoms with Crippen LogP contribution in [0.4, 0.5) is 0 Å². The lowest BCUT2D eigenvalue weighted by Crippen LogP contribution is -1.99. The first-order valence-corrected chi connectivity index (χ1v) is 7.86. The summed E-state index contributed by atoms with van der Waals surface area (Å²) in [7, 11) is 0. The van der Waals surface area contributed by atoms with Crippen molar-refractivity contribution in [3.05, 3.63) is 71.4 Å². The molecular weight excluding hydrogens is 298 g/mol. The van der Waals surface area contributed by atoms with Gasteiger partial charge >= 0.3 is 0 Å². The Kier molecular flexibility index (Phi) is 4.87. The molecule has 24 heavy (non-hydrogen) atoms. The second-order valence-corrected chi connectivity index (χ2v) is 5.52. The number of nitriles is 1. The molecule has 0 fully saturated rings. The van der Waals surface area contributed by atoms with E-state index in [9.17, 15) is 0 Å². The Bertz CT molecular complexity index is 883. The standard InChI is InChI=1S/C19H17N5/c1-14-5-2-10-18(22-14)19-21-12-11-16(24-19)8-3-6-15-7-4-9-17(13-20)23-15/h2,4-5,7,9-12H,3,6,8H2,1H3. The van der Waals surface area contributed by atoms with Gasteiger partial charge in [0.05, 0.1) is 0 Å². The summed E-state index contributed by atoms with van der Waals surface area (Å²) in [6, 6.07) is 15.4. The summed E-state index contributed by atoms with van der Waals surface area (Å²) in [6.07, 6.45) is 4.34. The van der Waals surface area contributed by atoms with Gasteiger partial charge in [-0.3, -0.25) is 0 Å². The monoisotopic (exact) mass is 315 g/mol. The summed E-state index contributed by atoms with van der Waals surface area (Å²) in [5, 5.41) is 8.89. The Morgan fingerprint density at radius 2 is 1.71 bits per heavy atom. The minimum Gasteiger partial charge on any atom is -0.250 e. The van der Waals surface area contributed by atoms with Crippen LogP contribution in [0.5, 0.6) is 0 Å². The molecule has 0 unspecified atom stereocenters.